The van der Waals surface area contributed by atoms with E-state index in [1.807, 2.05) is 12.3 Å². The molecule has 1 heterocycles. The predicted octanol–water partition coefficient (Wildman–Crippen LogP) is 18.0. The molecule has 0 bridgehead atoms. The third kappa shape index (κ3) is 6.22. The standard InChI is InChI=1S/C63H59N/c1-60(2,3)39-27-37(28-40(32-39)61(4,5)6)56-44-17-13-14-18-45(44)57(38-29-41(62(7,8)9)33-42(30-38)63(10,11)12)54-35-52-49-25-24-47-50-31-36(55-19-15-16-26-64-55)20-21-43(50)46-22-23-48(59(49)58(46)47)51(52)34-53(54)56/h13-35H,1-12H3. The van der Waals surface area contributed by atoms with E-state index >= 15 is 0 Å². The van der Waals surface area contributed by atoms with E-state index in [9.17, 15) is 0 Å². The molecule has 1 heteroatoms. The lowest BCUT2D eigenvalue weighted by Crippen LogP contribution is -2.16. The molecule has 11 rings (SSSR count). The minimum absolute atomic E-state index is 0.0194. The Bertz CT molecular complexity index is 3230. The zero-order valence-electron chi connectivity index (χ0n) is 39.7. The minimum atomic E-state index is -0.0194. The number of rotatable bonds is 3. The van der Waals surface area contributed by atoms with Crippen molar-refractivity contribution in [3.8, 4) is 78.0 Å². The lowest BCUT2D eigenvalue weighted by atomic mass is 9.76. The van der Waals surface area contributed by atoms with Gasteiger partial charge in [-0.1, -0.05) is 186 Å². The molecule has 64 heavy (non-hydrogen) atoms. The van der Waals surface area contributed by atoms with E-state index in [1.165, 1.54) is 121 Å². The normalized spacial score (nSPS) is 13.3. The van der Waals surface area contributed by atoms with Crippen LogP contribution >= 0.6 is 0 Å². The summed E-state index contributed by atoms with van der Waals surface area (Å²) in [6.45, 7) is 28.2. The number of aromatic nitrogens is 1. The van der Waals surface area contributed by atoms with Crippen molar-refractivity contribution in [3.63, 3.8) is 0 Å². The van der Waals surface area contributed by atoms with Crippen LogP contribution in [-0.4, -0.2) is 4.98 Å². The monoisotopic (exact) mass is 829 g/mol. The molecule has 0 amide bonds. The van der Waals surface area contributed by atoms with Gasteiger partial charge >= 0.3 is 0 Å². The minimum Gasteiger partial charge on any atom is -0.256 e. The highest BCUT2D eigenvalue weighted by Crippen LogP contribution is 2.58. The first-order valence-electron chi connectivity index (χ1n) is 23.3. The summed E-state index contributed by atoms with van der Waals surface area (Å²) in [5.41, 5.74) is 23.3. The highest BCUT2D eigenvalue weighted by molar-refractivity contribution is 6.29. The smallest absolute Gasteiger partial charge is 0.0702 e. The van der Waals surface area contributed by atoms with E-state index in [0.717, 1.165) is 11.3 Å². The second-order valence-corrected chi connectivity index (χ2v) is 22.9. The van der Waals surface area contributed by atoms with Gasteiger partial charge in [-0.2, -0.15) is 0 Å². The van der Waals surface area contributed by atoms with Crippen molar-refractivity contribution in [2.24, 2.45) is 0 Å². The molecule has 316 valence electrons. The second kappa shape index (κ2) is 13.6. The second-order valence-electron chi connectivity index (χ2n) is 22.9. The molecule has 1 aromatic heterocycles. The molecule has 0 unspecified atom stereocenters. The summed E-state index contributed by atoms with van der Waals surface area (Å²) in [4.78, 5) is 4.71. The van der Waals surface area contributed by atoms with Crippen molar-refractivity contribution in [2.75, 3.05) is 0 Å². The van der Waals surface area contributed by atoms with Crippen LogP contribution in [0.25, 0.3) is 110 Å². The Labute approximate surface area is 380 Å². The van der Waals surface area contributed by atoms with Crippen LogP contribution in [0.4, 0.5) is 0 Å². The third-order valence-electron chi connectivity index (χ3n) is 14.4. The molecule has 1 nitrogen and oxygen atoms in total. The maximum absolute atomic E-state index is 4.71. The summed E-state index contributed by atoms with van der Waals surface area (Å²) in [5, 5.41) is 7.95. The molecule has 9 aromatic rings. The molecular weight excluding hydrogens is 771 g/mol. The van der Waals surface area contributed by atoms with E-state index in [4.69, 9.17) is 4.98 Å². The van der Waals surface area contributed by atoms with Crippen LogP contribution in [-0.2, 0) is 21.7 Å². The summed E-state index contributed by atoms with van der Waals surface area (Å²) < 4.78 is 0. The molecule has 2 aliphatic rings. The first-order chi connectivity index (χ1) is 30.3. The lowest BCUT2D eigenvalue weighted by molar-refractivity contribution is 0.568. The molecule has 0 saturated carbocycles. The maximum Gasteiger partial charge on any atom is 0.0702 e. The van der Waals surface area contributed by atoms with Gasteiger partial charge in [0.2, 0.25) is 0 Å². The Morgan fingerprint density at radius 3 is 1.06 bits per heavy atom. The topological polar surface area (TPSA) is 12.9 Å². The van der Waals surface area contributed by atoms with Crippen LogP contribution in [0.1, 0.15) is 105 Å². The van der Waals surface area contributed by atoms with Crippen LogP contribution in [0.2, 0.25) is 0 Å². The van der Waals surface area contributed by atoms with Gasteiger partial charge in [-0.15, -0.1) is 0 Å². The van der Waals surface area contributed by atoms with Crippen molar-refractivity contribution < 1.29 is 0 Å². The summed E-state index contributed by atoms with van der Waals surface area (Å²) >= 11 is 0. The summed E-state index contributed by atoms with van der Waals surface area (Å²) in [6.07, 6.45) is 1.88. The molecule has 0 saturated heterocycles. The van der Waals surface area contributed by atoms with Crippen LogP contribution in [0.3, 0.4) is 0 Å². The zero-order valence-corrected chi connectivity index (χ0v) is 39.7. The molecule has 0 fully saturated rings. The SMILES string of the molecule is CC(C)(C)c1cc(-c2c3ccccc3c(-c3cc(C(C)(C)C)cc(C(C)(C)C)c3)c3cc4c(cc23)-c2ccc3c5c(ccc-4c25)-c2cc(-c4ccccn4)ccc2-3)cc(C(C)(C)C)c1. The van der Waals surface area contributed by atoms with Crippen molar-refractivity contribution in [1.82, 2.24) is 4.98 Å². The average molecular weight is 830 g/mol. The fraction of sp³-hybridized carbons (Fsp3) is 0.254. The predicted molar refractivity (Wildman–Crippen MR) is 277 cm³/mol. The highest BCUT2D eigenvalue weighted by atomic mass is 14.7. The number of benzene rings is 8. The summed E-state index contributed by atoms with van der Waals surface area (Å²) in [6, 6.07) is 51.9. The van der Waals surface area contributed by atoms with Gasteiger partial charge in [0.1, 0.15) is 0 Å². The Balaban J connectivity index is 1.26. The van der Waals surface area contributed by atoms with Crippen LogP contribution in [0.5, 0.6) is 0 Å². The molecular formula is C63H59N. The van der Waals surface area contributed by atoms with Gasteiger partial charge in [-0.05, 0) is 173 Å². The number of nitrogens with zero attached hydrogens (tertiary/aromatic N) is 1. The van der Waals surface area contributed by atoms with E-state index < -0.39 is 0 Å². The Kier molecular flexibility index (Phi) is 8.60. The quantitative estimate of drug-likeness (QED) is 0.162. The zero-order chi connectivity index (χ0) is 44.8. The van der Waals surface area contributed by atoms with Crippen LogP contribution in [0.15, 0.2) is 140 Å². The van der Waals surface area contributed by atoms with Gasteiger partial charge in [0.05, 0.1) is 5.69 Å². The highest BCUT2D eigenvalue weighted by Gasteiger charge is 2.32. The molecule has 0 spiro atoms. The fourth-order valence-electron chi connectivity index (χ4n) is 10.7. The molecule has 0 N–H and O–H groups in total. The van der Waals surface area contributed by atoms with Crippen LogP contribution < -0.4 is 0 Å². The van der Waals surface area contributed by atoms with E-state index in [-0.39, 0.29) is 21.7 Å². The Morgan fingerprint density at radius 2 is 0.672 bits per heavy atom. The number of hydrogen-bond acceptors (Lipinski definition) is 1. The Morgan fingerprint density at radius 1 is 0.297 bits per heavy atom. The van der Waals surface area contributed by atoms with Crippen molar-refractivity contribution >= 4 is 32.3 Å². The van der Waals surface area contributed by atoms with Crippen LogP contribution in [0, 0.1) is 0 Å². The number of fused-ring (bicyclic) bond motifs is 8. The summed E-state index contributed by atoms with van der Waals surface area (Å²) in [5.74, 6) is 0. The molecule has 0 atom stereocenters. The van der Waals surface area contributed by atoms with Gasteiger partial charge in [0.15, 0.2) is 0 Å². The number of hydrogen-bond donors (Lipinski definition) is 0. The molecule has 0 aliphatic heterocycles. The van der Waals surface area contributed by atoms with E-state index in [0.29, 0.717) is 0 Å². The van der Waals surface area contributed by atoms with E-state index in [1.54, 1.807) is 0 Å². The third-order valence-corrected chi connectivity index (χ3v) is 14.4. The lowest BCUT2D eigenvalue weighted by Gasteiger charge is -2.28. The first kappa shape index (κ1) is 40.5. The maximum atomic E-state index is 4.71. The fourth-order valence-corrected chi connectivity index (χ4v) is 10.7. The van der Waals surface area contributed by atoms with Gasteiger partial charge in [0, 0.05) is 11.8 Å². The molecule has 0 radical (unpaired) electrons. The van der Waals surface area contributed by atoms with E-state index in [2.05, 4.69) is 210 Å². The molecule has 2 aliphatic carbocycles. The van der Waals surface area contributed by atoms with Gasteiger partial charge < -0.3 is 0 Å². The van der Waals surface area contributed by atoms with Crippen molar-refractivity contribution in [3.05, 3.63) is 162 Å². The largest absolute Gasteiger partial charge is 0.256 e. The van der Waals surface area contributed by atoms with Gasteiger partial charge in [0.25, 0.3) is 0 Å². The number of pyridine rings is 1. The van der Waals surface area contributed by atoms with Crippen molar-refractivity contribution in [1.29, 1.82) is 0 Å². The summed E-state index contributed by atoms with van der Waals surface area (Å²) in [7, 11) is 0. The Hall–Kier alpha value is -6.31. The first-order valence-corrected chi connectivity index (χ1v) is 23.3. The van der Waals surface area contributed by atoms with Gasteiger partial charge in [-0.3, -0.25) is 4.98 Å². The average Bonchev–Trinajstić information content (AvgIpc) is 3.74. The van der Waals surface area contributed by atoms with Crippen molar-refractivity contribution in [2.45, 2.75) is 105 Å². The van der Waals surface area contributed by atoms with Gasteiger partial charge in [-0.25, -0.2) is 0 Å². The molecule has 8 aromatic carbocycles.